The maximum Gasteiger partial charge on any atom is 0.199 e. The lowest BCUT2D eigenvalue weighted by Gasteiger charge is -2.08. The lowest BCUT2D eigenvalue weighted by molar-refractivity contribution is 0.372. The molecule has 3 aromatic rings. The van der Waals surface area contributed by atoms with E-state index in [0.717, 1.165) is 21.6 Å². The van der Waals surface area contributed by atoms with E-state index in [9.17, 15) is 4.39 Å². The SMILES string of the molecule is CC(CF)Cc1nc(-c2ccn[nH]2)nn1Cc1ccc(Br)cc1. The van der Waals surface area contributed by atoms with Crippen molar-refractivity contribution in [1.82, 2.24) is 25.0 Å². The second-order valence-corrected chi connectivity index (χ2v) is 6.49. The molecule has 23 heavy (non-hydrogen) atoms. The maximum atomic E-state index is 12.9. The molecule has 0 aliphatic rings. The summed E-state index contributed by atoms with van der Waals surface area (Å²) in [5, 5.41) is 11.4. The Labute approximate surface area is 142 Å². The fourth-order valence-corrected chi connectivity index (χ4v) is 2.54. The minimum Gasteiger partial charge on any atom is -0.275 e. The van der Waals surface area contributed by atoms with Crippen LogP contribution >= 0.6 is 15.9 Å². The van der Waals surface area contributed by atoms with Gasteiger partial charge in [0.15, 0.2) is 5.82 Å². The van der Waals surface area contributed by atoms with Crippen LogP contribution in [0.3, 0.4) is 0 Å². The van der Waals surface area contributed by atoms with Crippen LogP contribution in [0.15, 0.2) is 41.0 Å². The highest BCUT2D eigenvalue weighted by atomic mass is 79.9. The molecule has 2 aromatic heterocycles. The maximum absolute atomic E-state index is 12.9. The molecule has 0 spiro atoms. The van der Waals surface area contributed by atoms with E-state index in [4.69, 9.17) is 0 Å². The van der Waals surface area contributed by atoms with E-state index in [2.05, 4.69) is 36.2 Å². The lowest BCUT2D eigenvalue weighted by atomic mass is 10.1. The molecular formula is C16H17BrFN5. The van der Waals surface area contributed by atoms with Gasteiger partial charge in [-0.1, -0.05) is 35.0 Å². The molecular weight excluding hydrogens is 361 g/mol. The Balaban J connectivity index is 1.91. The van der Waals surface area contributed by atoms with E-state index in [1.54, 1.807) is 6.20 Å². The summed E-state index contributed by atoms with van der Waals surface area (Å²) in [6.07, 6.45) is 2.21. The predicted octanol–water partition coefficient (Wildman–Crippen LogP) is 3.63. The van der Waals surface area contributed by atoms with Crippen molar-refractivity contribution in [3.63, 3.8) is 0 Å². The third kappa shape index (κ3) is 3.85. The molecule has 0 saturated carbocycles. The van der Waals surface area contributed by atoms with Crippen LogP contribution in [0.4, 0.5) is 4.39 Å². The topological polar surface area (TPSA) is 59.4 Å². The van der Waals surface area contributed by atoms with Crippen LogP contribution < -0.4 is 0 Å². The second kappa shape index (κ2) is 7.04. The van der Waals surface area contributed by atoms with Gasteiger partial charge in [0, 0.05) is 17.1 Å². The predicted molar refractivity (Wildman–Crippen MR) is 89.7 cm³/mol. The number of nitrogens with one attached hydrogen (secondary N) is 1. The molecule has 1 atom stereocenters. The van der Waals surface area contributed by atoms with Crippen LogP contribution in [-0.2, 0) is 13.0 Å². The third-order valence-corrected chi connectivity index (χ3v) is 4.06. The van der Waals surface area contributed by atoms with Gasteiger partial charge in [0.2, 0.25) is 0 Å². The smallest absolute Gasteiger partial charge is 0.199 e. The minimum absolute atomic E-state index is 0.0857. The average molecular weight is 378 g/mol. The van der Waals surface area contributed by atoms with E-state index in [1.165, 1.54) is 0 Å². The molecule has 0 saturated heterocycles. The first-order valence-corrected chi connectivity index (χ1v) is 8.19. The first-order valence-electron chi connectivity index (χ1n) is 7.39. The first kappa shape index (κ1) is 15.9. The Morgan fingerprint density at radius 3 is 2.70 bits per heavy atom. The fraction of sp³-hybridized carbons (Fsp3) is 0.312. The second-order valence-electron chi connectivity index (χ2n) is 5.57. The molecule has 0 aliphatic carbocycles. The number of aromatic amines is 1. The van der Waals surface area contributed by atoms with Crippen molar-refractivity contribution in [2.75, 3.05) is 6.67 Å². The number of nitrogens with zero attached hydrogens (tertiary/aromatic N) is 4. The highest BCUT2D eigenvalue weighted by molar-refractivity contribution is 9.10. The van der Waals surface area contributed by atoms with E-state index < -0.39 is 0 Å². The molecule has 120 valence electrons. The highest BCUT2D eigenvalue weighted by Crippen LogP contribution is 2.17. The largest absolute Gasteiger partial charge is 0.275 e. The van der Waals surface area contributed by atoms with Gasteiger partial charge in [0.25, 0.3) is 0 Å². The molecule has 0 fully saturated rings. The van der Waals surface area contributed by atoms with Crippen LogP contribution in [0, 0.1) is 5.92 Å². The molecule has 0 bridgehead atoms. The summed E-state index contributed by atoms with van der Waals surface area (Å²) in [6.45, 7) is 2.10. The number of halogens is 2. The monoisotopic (exact) mass is 377 g/mol. The molecule has 7 heteroatoms. The molecule has 5 nitrogen and oxygen atoms in total. The van der Waals surface area contributed by atoms with Crippen LogP contribution in [-0.4, -0.2) is 31.6 Å². The Morgan fingerprint density at radius 1 is 1.26 bits per heavy atom. The lowest BCUT2D eigenvalue weighted by Crippen LogP contribution is -2.11. The number of H-pyrrole nitrogens is 1. The summed E-state index contributed by atoms with van der Waals surface area (Å²) >= 11 is 3.43. The van der Waals surface area contributed by atoms with E-state index in [0.29, 0.717) is 18.8 Å². The summed E-state index contributed by atoms with van der Waals surface area (Å²) in [5.74, 6) is 1.28. The summed E-state index contributed by atoms with van der Waals surface area (Å²) in [6, 6.07) is 9.87. The molecule has 0 aliphatic heterocycles. The van der Waals surface area contributed by atoms with Gasteiger partial charge in [0.05, 0.1) is 13.2 Å². The van der Waals surface area contributed by atoms with Crippen molar-refractivity contribution < 1.29 is 4.39 Å². The van der Waals surface area contributed by atoms with Gasteiger partial charge in [-0.05, 0) is 29.7 Å². The molecule has 0 amide bonds. The Hall–Kier alpha value is -2.02. The van der Waals surface area contributed by atoms with E-state index in [-0.39, 0.29) is 12.6 Å². The number of rotatable bonds is 6. The van der Waals surface area contributed by atoms with Crippen LogP contribution in [0.2, 0.25) is 0 Å². The third-order valence-electron chi connectivity index (χ3n) is 3.53. The number of hydrogen-bond donors (Lipinski definition) is 1. The van der Waals surface area contributed by atoms with E-state index >= 15 is 0 Å². The van der Waals surface area contributed by atoms with Gasteiger partial charge < -0.3 is 0 Å². The zero-order chi connectivity index (χ0) is 16.2. The Bertz CT molecular complexity index is 751. The van der Waals surface area contributed by atoms with Crippen molar-refractivity contribution in [2.45, 2.75) is 19.9 Å². The number of aromatic nitrogens is 5. The van der Waals surface area contributed by atoms with Gasteiger partial charge in [-0.2, -0.15) is 5.10 Å². The highest BCUT2D eigenvalue weighted by Gasteiger charge is 2.15. The summed E-state index contributed by atoms with van der Waals surface area (Å²) in [4.78, 5) is 4.56. The molecule has 1 aromatic carbocycles. The fourth-order valence-electron chi connectivity index (χ4n) is 2.28. The minimum atomic E-state index is -0.371. The molecule has 2 heterocycles. The molecule has 1 unspecified atom stereocenters. The summed E-state index contributed by atoms with van der Waals surface area (Å²) in [5.41, 5.74) is 1.87. The number of benzene rings is 1. The zero-order valence-electron chi connectivity index (χ0n) is 12.7. The van der Waals surface area contributed by atoms with Crippen LogP contribution in [0.25, 0.3) is 11.5 Å². The number of hydrogen-bond acceptors (Lipinski definition) is 3. The van der Waals surface area contributed by atoms with Crippen molar-refractivity contribution >= 4 is 15.9 Å². The van der Waals surface area contributed by atoms with Crippen molar-refractivity contribution in [2.24, 2.45) is 5.92 Å². The van der Waals surface area contributed by atoms with Gasteiger partial charge in [-0.3, -0.25) is 9.49 Å². The van der Waals surface area contributed by atoms with Crippen LogP contribution in [0.1, 0.15) is 18.3 Å². The van der Waals surface area contributed by atoms with Gasteiger partial charge in [-0.25, -0.2) is 9.67 Å². The van der Waals surface area contributed by atoms with Crippen molar-refractivity contribution in [1.29, 1.82) is 0 Å². The van der Waals surface area contributed by atoms with E-state index in [1.807, 2.05) is 41.9 Å². The zero-order valence-corrected chi connectivity index (χ0v) is 14.3. The average Bonchev–Trinajstić information content (AvgIpc) is 3.20. The molecule has 3 rings (SSSR count). The number of alkyl halides is 1. The van der Waals surface area contributed by atoms with Crippen molar-refractivity contribution in [3.8, 4) is 11.5 Å². The quantitative estimate of drug-likeness (QED) is 0.713. The Morgan fingerprint density at radius 2 is 2.04 bits per heavy atom. The van der Waals surface area contributed by atoms with Crippen molar-refractivity contribution in [3.05, 3.63) is 52.4 Å². The summed E-state index contributed by atoms with van der Waals surface area (Å²) < 4.78 is 15.7. The van der Waals surface area contributed by atoms with Gasteiger partial charge >= 0.3 is 0 Å². The van der Waals surface area contributed by atoms with Gasteiger partial charge in [0.1, 0.15) is 11.5 Å². The standard InChI is InChI=1S/C16H17BrFN5/c1-11(9-18)8-15-20-16(14-6-7-19-21-14)22-23(15)10-12-2-4-13(17)5-3-12/h2-7,11H,8-10H2,1H3,(H,19,21). The molecule has 1 N–H and O–H groups in total. The summed E-state index contributed by atoms with van der Waals surface area (Å²) in [7, 11) is 0. The molecule has 0 radical (unpaired) electrons. The van der Waals surface area contributed by atoms with Crippen LogP contribution in [0.5, 0.6) is 0 Å². The first-order chi connectivity index (χ1) is 11.2. The normalized spacial score (nSPS) is 12.5. The Kier molecular flexibility index (Phi) is 4.85. The van der Waals surface area contributed by atoms with Gasteiger partial charge in [-0.15, -0.1) is 5.10 Å².